The van der Waals surface area contributed by atoms with Crippen LogP contribution in [0.2, 0.25) is 0 Å². The first-order valence-corrected chi connectivity index (χ1v) is 4.44. The van der Waals surface area contributed by atoms with E-state index in [4.69, 9.17) is 14.7 Å². The fraction of sp³-hybridized carbons (Fsp3) is 0.556. The van der Waals surface area contributed by atoms with Crippen molar-refractivity contribution in [3.63, 3.8) is 0 Å². The van der Waals surface area contributed by atoms with Crippen LogP contribution in [-0.2, 0) is 14.4 Å². The molecular formula is C9H17KNO4+. The minimum atomic E-state index is -0.624. The molecular weight excluding hydrogens is 225 g/mol. The molecule has 0 amide bonds. The summed E-state index contributed by atoms with van der Waals surface area (Å²) in [5.41, 5.74) is -0.0452. The van der Waals surface area contributed by atoms with E-state index in [0.29, 0.717) is 12.9 Å². The molecule has 1 N–H and O–H groups in total. The summed E-state index contributed by atoms with van der Waals surface area (Å²) >= 11 is 0. The Hall–Kier alpha value is 0.116. The van der Waals surface area contributed by atoms with E-state index in [2.05, 4.69) is 0 Å². The van der Waals surface area contributed by atoms with Crippen LogP contribution >= 0.6 is 0 Å². The van der Waals surface area contributed by atoms with Crippen molar-refractivity contribution in [3.8, 4) is 0 Å². The molecule has 0 atom stereocenters. The fourth-order valence-electron chi connectivity index (χ4n) is 0.827. The van der Waals surface area contributed by atoms with E-state index < -0.39 is 5.97 Å². The van der Waals surface area contributed by atoms with E-state index in [9.17, 15) is 4.79 Å². The van der Waals surface area contributed by atoms with Crippen LogP contribution in [0.3, 0.4) is 0 Å². The molecule has 82 valence electrons. The Morgan fingerprint density at radius 3 is 2.33 bits per heavy atom. The molecule has 0 aromatic heterocycles. The molecule has 5 nitrogen and oxygen atoms in total. The number of carbonyl (C=O) groups is 1. The van der Waals surface area contributed by atoms with Crippen molar-refractivity contribution in [1.82, 2.24) is 0 Å². The normalized spacial score (nSPS) is 11.7. The third kappa shape index (κ3) is 6.31. The van der Waals surface area contributed by atoms with E-state index >= 15 is 0 Å². The molecule has 0 unspecified atom stereocenters. The van der Waals surface area contributed by atoms with Crippen LogP contribution in [0.15, 0.2) is 12.0 Å². The number of esters is 1. The van der Waals surface area contributed by atoms with Crippen molar-refractivity contribution >= 4 is 63.6 Å². The summed E-state index contributed by atoms with van der Waals surface area (Å²) in [7, 11) is 0. The molecule has 0 aliphatic rings. The molecule has 0 aromatic rings. The first kappa shape index (κ1) is 17.5. The predicted molar refractivity (Wildman–Crippen MR) is 58.1 cm³/mol. The van der Waals surface area contributed by atoms with Gasteiger partial charge in [0.2, 0.25) is 0 Å². The summed E-state index contributed by atoms with van der Waals surface area (Å²) in [6.07, 6.45) is 2.18. The SMILES string of the molecule is CC=[N+](OCC)C(=CO)C(=O)OCC.[KH]. The second-order valence-corrected chi connectivity index (χ2v) is 2.24. The van der Waals surface area contributed by atoms with Gasteiger partial charge in [0.05, 0.1) is 6.61 Å². The Morgan fingerprint density at radius 2 is 2.00 bits per heavy atom. The van der Waals surface area contributed by atoms with Gasteiger partial charge in [0.1, 0.15) is 0 Å². The maximum atomic E-state index is 11.3. The number of aliphatic hydroxyl groups excluding tert-OH is 1. The van der Waals surface area contributed by atoms with Gasteiger partial charge in [0, 0.05) is 11.7 Å². The van der Waals surface area contributed by atoms with Crippen molar-refractivity contribution < 1.29 is 24.2 Å². The van der Waals surface area contributed by atoms with E-state index in [1.807, 2.05) is 0 Å². The van der Waals surface area contributed by atoms with Crippen molar-refractivity contribution in [2.24, 2.45) is 0 Å². The topological polar surface area (TPSA) is 58.8 Å². The quantitative estimate of drug-likeness (QED) is 0.144. The summed E-state index contributed by atoms with van der Waals surface area (Å²) in [5, 5.41) is 8.85. The third-order valence-corrected chi connectivity index (χ3v) is 1.35. The Kier molecular flexibility index (Phi) is 12.4. The van der Waals surface area contributed by atoms with Crippen LogP contribution in [0, 0.1) is 0 Å². The summed E-state index contributed by atoms with van der Waals surface area (Å²) in [6, 6.07) is 0. The number of hydroxylamine groups is 1. The maximum absolute atomic E-state index is 11.3. The van der Waals surface area contributed by atoms with Crippen LogP contribution in [-0.4, -0.2) is 86.6 Å². The van der Waals surface area contributed by atoms with Gasteiger partial charge in [0.15, 0.2) is 19.1 Å². The average molecular weight is 242 g/mol. The van der Waals surface area contributed by atoms with Crippen LogP contribution in [0.5, 0.6) is 0 Å². The average Bonchev–Trinajstić information content (AvgIpc) is 2.18. The molecule has 0 saturated heterocycles. The summed E-state index contributed by atoms with van der Waals surface area (Å²) in [4.78, 5) is 16.3. The van der Waals surface area contributed by atoms with Crippen LogP contribution in [0.4, 0.5) is 0 Å². The van der Waals surface area contributed by atoms with Gasteiger partial charge in [-0.2, -0.15) is 0 Å². The number of ether oxygens (including phenoxy) is 1. The Bertz CT molecular complexity index is 250. The molecule has 0 bridgehead atoms. The second kappa shape index (κ2) is 10.6. The number of aliphatic hydroxyl groups is 1. The Balaban J connectivity index is 0. The van der Waals surface area contributed by atoms with Gasteiger partial charge in [-0.25, -0.2) is 4.79 Å². The van der Waals surface area contributed by atoms with Gasteiger partial charge < -0.3 is 9.84 Å². The number of hydrogen-bond donors (Lipinski definition) is 1. The van der Waals surface area contributed by atoms with Crippen molar-refractivity contribution in [2.75, 3.05) is 13.2 Å². The van der Waals surface area contributed by atoms with Gasteiger partial charge in [-0.3, -0.25) is 4.84 Å². The molecule has 6 heteroatoms. The first-order valence-electron chi connectivity index (χ1n) is 4.44. The molecule has 0 aliphatic heterocycles. The number of rotatable bonds is 5. The van der Waals surface area contributed by atoms with Crippen molar-refractivity contribution in [1.29, 1.82) is 0 Å². The number of hydrogen-bond acceptors (Lipinski definition) is 4. The van der Waals surface area contributed by atoms with E-state index in [1.54, 1.807) is 20.8 Å². The molecule has 15 heavy (non-hydrogen) atoms. The van der Waals surface area contributed by atoms with Crippen LogP contribution in [0.25, 0.3) is 0 Å². The van der Waals surface area contributed by atoms with Crippen LogP contribution < -0.4 is 0 Å². The number of carbonyl (C=O) groups excluding carboxylic acids is 1. The Labute approximate surface area is 132 Å². The van der Waals surface area contributed by atoms with E-state index in [0.717, 1.165) is 4.74 Å². The van der Waals surface area contributed by atoms with Gasteiger partial charge in [0.25, 0.3) is 0 Å². The second-order valence-electron chi connectivity index (χ2n) is 2.24. The summed E-state index contributed by atoms with van der Waals surface area (Å²) < 4.78 is 5.88. The number of nitrogens with zero attached hydrogens (tertiary/aromatic N) is 1. The Morgan fingerprint density at radius 1 is 1.40 bits per heavy atom. The zero-order valence-electron chi connectivity index (χ0n) is 8.69. The molecule has 0 fully saturated rings. The summed E-state index contributed by atoms with van der Waals surface area (Å²) in [5.74, 6) is -0.624. The predicted octanol–water partition coefficient (Wildman–Crippen LogP) is 0.355. The third-order valence-electron chi connectivity index (χ3n) is 1.35. The molecule has 0 saturated carbocycles. The van der Waals surface area contributed by atoms with Gasteiger partial charge in [-0.05, 0) is 13.8 Å². The van der Waals surface area contributed by atoms with Crippen molar-refractivity contribution in [3.05, 3.63) is 12.0 Å². The first-order chi connectivity index (χ1) is 6.71. The van der Waals surface area contributed by atoms with E-state index in [-0.39, 0.29) is 63.7 Å². The monoisotopic (exact) mass is 242 g/mol. The molecule has 0 aliphatic carbocycles. The van der Waals surface area contributed by atoms with Crippen LogP contribution in [0.1, 0.15) is 20.8 Å². The van der Waals surface area contributed by atoms with E-state index in [1.165, 1.54) is 6.21 Å². The summed E-state index contributed by atoms with van der Waals surface area (Å²) in [6.45, 7) is 5.78. The minimum absolute atomic E-state index is 0. The molecule has 0 radical (unpaired) electrons. The molecule has 0 rings (SSSR count). The zero-order chi connectivity index (χ0) is 11.0. The molecule has 0 spiro atoms. The standard InChI is InChI=1S/C9H15NO4.K.H/c1-4-10(14-6-3)8(7-11)9(12)13-5-2;;/h4,7H,5-6H2,1-3H3;;/p+1. The van der Waals surface area contributed by atoms with Gasteiger partial charge in [-0.1, -0.05) is 0 Å². The van der Waals surface area contributed by atoms with Gasteiger partial charge >= 0.3 is 63.1 Å². The van der Waals surface area contributed by atoms with Crippen molar-refractivity contribution in [2.45, 2.75) is 20.8 Å². The molecule has 0 heterocycles. The molecule has 0 aromatic carbocycles. The van der Waals surface area contributed by atoms with Gasteiger partial charge in [-0.15, -0.1) is 0 Å². The zero-order valence-corrected chi connectivity index (χ0v) is 8.69. The fourth-order valence-corrected chi connectivity index (χ4v) is 0.827.